The first-order chi connectivity index (χ1) is 8.76. The molecule has 0 radical (unpaired) electrons. The Morgan fingerprint density at radius 1 is 1.17 bits per heavy atom. The van der Waals surface area contributed by atoms with Crippen molar-refractivity contribution in [2.45, 2.75) is 39.3 Å². The van der Waals surface area contributed by atoms with Gasteiger partial charge in [0.05, 0.1) is 13.2 Å². The lowest BCUT2D eigenvalue weighted by atomic mass is 10.1. The lowest BCUT2D eigenvalue weighted by molar-refractivity contribution is 0.202. The molecule has 1 aromatic rings. The zero-order valence-corrected chi connectivity index (χ0v) is 11.7. The number of rotatable bonds is 8. The summed E-state index contributed by atoms with van der Waals surface area (Å²) in [6.07, 6.45) is 2.25. The Labute approximate surface area is 110 Å². The second kappa shape index (κ2) is 8.11. The number of methoxy groups -OCH3 is 1. The van der Waals surface area contributed by atoms with Crippen LogP contribution in [-0.4, -0.2) is 31.4 Å². The van der Waals surface area contributed by atoms with Gasteiger partial charge in [-0.05, 0) is 30.5 Å². The molecule has 0 fully saturated rings. The maximum atomic E-state index is 9.08. The summed E-state index contributed by atoms with van der Waals surface area (Å²) in [5, 5.41) is 9.08. The number of nitrogens with zero attached hydrogens (tertiary/aromatic N) is 1. The Morgan fingerprint density at radius 3 is 2.22 bits per heavy atom. The van der Waals surface area contributed by atoms with Crippen molar-refractivity contribution >= 4 is 5.69 Å². The van der Waals surface area contributed by atoms with Crippen molar-refractivity contribution in [2.75, 3.05) is 25.2 Å². The van der Waals surface area contributed by atoms with Crippen LogP contribution in [0.3, 0.4) is 0 Å². The highest BCUT2D eigenvalue weighted by atomic mass is 16.5. The fourth-order valence-corrected chi connectivity index (χ4v) is 2.23. The first-order valence-corrected chi connectivity index (χ1v) is 6.72. The molecule has 102 valence electrons. The smallest absolute Gasteiger partial charge is 0.0681 e. The van der Waals surface area contributed by atoms with Gasteiger partial charge in [-0.2, -0.15) is 0 Å². The monoisotopic (exact) mass is 251 g/mol. The fourth-order valence-electron chi connectivity index (χ4n) is 2.23. The van der Waals surface area contributed by atoms with Gasteiger partial charge in [0.2, 0.25) is 0 Å². The number of aliphatic hydroxyl groups excluding tert-OH is 1. The molecule has 0 unspecified atom stereocenters. The highest BCUT2D eigenvalue weighted by Crippen LogP contribution is 2.21. The summed E-state index contributed by atoms with van der Waals surface area (Å²) in [6, 6.07) is 8.67. The number of benzene rings is 1. The second-order valence-corrected chi connectivity index (χ2v) is 4.48. The van der Waals surface area contributed by atoms with Gasteiger partial charge < -0.3 is 14.7 Å². The summed E-state index contributed by atoms with van der Waals surface area (Å²) >= 11 is 0. The highest BCUT2D eigenvalue weighted by molar-refractivity contribution is 5.48. The maximum Gasteiger partial charge on any atom is 0.0681 e. The van der Waals surface area contributed by atoms with Gasteiger partial charge in [-0.25, -0.2) is 0 Å². The zero-order valence-electron chi connectivity index (χ0n) is 11.7. The summed E-state index contributed by atoms with van der Waals surface area (Å²) in [7, 11) is 1.74. The Balaban J connectivity index is 2.85. The van der Waals surface area contributed by atoms with E-state index >= 15 is 0 Å². The van der Waals surface area contributed by atoms with Crippen molar-refractivity contribution < 1.29 is 9.84 Å². The lowest BCUT2D eigenvalue weighted by Crippen LogP contribution is -2.37. The minimum Gasteiger partial charge on any atom is -0.392 e. The van der Waals surface area contributed by atoms with E-state index in [0.717, 1.165) is 31.6 Å². The topological polar surface area (TPSA) is 32.7 Å². The molecule has 0 heterocycles. The van der Waals surface area contributed by atoms with Crippen LogP contribution in [0.5, 0.6) is 0 Å². The van der Waals surface area contributed by atoms with Crippen molar-refractivity contribution in [3.05, 3.63) is 29.8 Å². The van der Waals surface area contributed by atoms with E-state index in [9.17, 15) is 0 Å². The lowest BCUT2D eigenvalue weighted by Gasteiger charge is -2.32. The molecule has 0 spiro atoms. The molecule has 18 heavy (non-hydrogen) atoms. The number of hydrogen-bond donors (Lipinski definition) is 1. The van der Waals surface area contributed by atoms with Gasteiger partial charge in [0.1, 0.15) is 0 Å². The van der Waals surface area contributed by atoms with Crippen LogP contribution < -0.4 is 4.90 Å². The van der Waals surface area contributed by atoms with Gasteiger partial charge >= 0.3 is 0 Å². The van der Waals surface area contributed by atoms with Crippen LogP contribution >= 0.6 is 0 Å². The van der Waals surface area contributed by atoms with Gasteiger partial charge in [-0.3, -0.25) is 0 Å². The molecular formula is C15H25NO2. The Kier molecular flexibility index (Phi) is 6.76. The number of ether oxygens (including phenoxy) is 1. The van der Waals surface area contributed by atoms with Crippen LogP contribution in [0.25, 0.3) is 0 Å². The van der Waals surface area contributed by atoms with E-state index in [1.54, 1.807) is 7.11 Å². The van der Waals surface area contributed by atoms with E-state index in [0.29, 0.717) is 6.04 Å². The third kappa shape index (κ3) is 4.00. The number of aliphatic hydroxyl groups is 1. The molecule has 0 atom stereocenters. The first-order valence-electron chi connectivity index (χ1n) is 6.72. The van der Waals surface area contributed by atoms with E-state index < -0.39 is 0 Å². The standard InChI is InChI=1S/C15H25NO2/c1-4-14(5-2)16(10-11-18-3)15-8-6-13(12-17)7-9-15/h6-9,14,17H,4-5,10-12H2,1-3H3. The Bertz CT molecular complexity index is 320. The van der Waals surface area contributed by atoms with Crippen LogP contribution in [0.15, 0.2) is 24.3 Å². The van der Waals surface area contributed by atoms with Gasteiger partial charge in [-0.15, -0.1) is 0 Å². The van der Waals surface area contributed by atoms with Crippen molar-refractivity contribution in [3.63, 3.8) is 0 Å². The van der Waals surface area contributed by atoms with Crippen LogP contribution in [0.1, 0.15) is 32.3 Å². The molecule has 0 amide bonds. The van der Waals surface area contributed by atoms with Crippen molar-refractivity contribution in [2.24, 2.45) is 0 Å². The van der Waals surface area contributed by atoms with Crippen LogP contribution in [-0.2, 0) is 11.3 Å². The fraction of sp³-hybridized carbons (Fsp3) is 0.600. The average Bonchev–Trinajstić information content (AvgIpc) is 2.43. The minimum atomic E-state index is 0.101. The Morgan fingerprint density at radius 2 is 1.78 bits per heavy atom. The molecule has 0 aliphatic carbocycles. The quantitative estimate of drug-likeness (QED) is 0.771. The summed E-state index contributed by atoms with van der Waals surface area (Å²) in [6.45, 7) is 6.18. The van der Waals surface area contributed by atoms with Crippen LogP contribution in [0, 0.1) is 0 Å². The van der Waals surface area contributed by atoms with Crippen molar-refractivity contribution in [3.8, 4) is 0 Å². The summed E-state index contributed by atoms with van der Waals surface area (Å²) in [5.41, 5.74) is 2.16. The normalized spacial score (nSPS) is 10.9. The van der Waals surface area contributed by atoms with Crippen LogP contribution in [0.4, 0.5) is 5.69 Å². The summed E-state index contributed by atoms with van der Waals surface area (Å²) in [4.78, 5) is 2.39. The molecule has 3 heteroatoms. The largest absolute Gasteiger partial charge is 0.392 e. The summed E-state index contributed by atoms with van der Waals surface area (Å²) < 4.78 is 5.20. The van der Waals surface area contributed by atoms with Gasteiger partial charge in [0.15, 0.2) is 0 Å². The van der Waals surface area contributed by atoms with Crippen LogP contribution in [0.2, 0.25) is 0 Å². The van der Waals surface area contributed by atoms with E-state index in [1.807, 2.05) is 12.1 Å². The molecule has 0 saturated carbocycles. The zero-order chi connectivity index (χ0) is 13.4. The first kappa shape index (κ1) is 15.0. The molecule has 3 nitrogen and oxygen atoms in total. The molecule has 0 aromatic heterocycles. The highest BCUT2D eigenvalue weighted by Gasteiger charge is 2.15. The van der Waals surface area contributed by atoms with Crippen molar-refractivity contribution in [1.29, 1.82) is 0 Å². The molecular weight excluding hydrogens is 226 g/mol. The Hall–Kier alpha value is -1.06. The van der Waals surface area contributed by atoms with Crippen molar-refractivity contribution in [1.82, 2.24) is 0 Å². The molecule has 1 N–H and O–H groups in total. The third-order valence-corrected chi connectivity index (χ3v) is 3.37. The predicted octanol–water partition coefficient (Wildman–Crippen LogP) is 2.82. The van der Waals surface area contributed by atoms with E-state index in [4.69, 9.17) is 9.84 Å². The van der Waals surface area contributed by atoms with E-state index in [1.165, 1.54) is 5.69 Å². The van der Waals surface area contributed by atoms with E-state index in [-0.39, 0.29) is 6.61 Å². The number of hydrogen-bond acceptors (Lipinski definition) is 3. The van der Waals surface area contributed by atoms with E-state index in [2.05, 4.69) is 30.9 Å². The maximum absolute atomic E-state index is 9.08. The SMILES string of the molecule is CCC(CC)N(CCOC)c1ccc(CO)cc1. The molecule has 0 bridgehead atoms. The molecule has 0 aliphatic rings. The molecule has 1 aromatic carbocycles. The van der Waals surface area contributed by atoms with Gasteiger partial charge in [-0.1, -0.05) is 26.0 Å². The molecule has 1 rings (SSSR count). The minimum absolute atomic E-state index is 0.101. The average molecular weight is 251 g/mol. The van der Waals surface area contributed by atoms with Gasteiger partial charge in [0.25, 0.3) is 0 Å². The second-order valence-electron chi connectivity index (χ2n) is 4.48. The van der Waals surface area contributed by atoms with Gasteiger partial charge in [0, 0.05) is 25.4 Å². The third-order valence-electron chi connectivity index (χ3n) is 3.37. The predicted molar refractivity (Wildman–Crippen MR) is 76.0 cm³/mol. The summed E-state index contributed by atoms with van der Waals surface area (Å²) in [5.74, 6) is 0. The molecule has 0 aliphatic heterocycles. The molecule has 0 saturated heterocycles. The number of anilines is 1.